The van der Waals surface area contributed by atoms with Crippen LogP contribution < -0.4 is 5.32 Å². The molecule has 0 spiro atoms. The fourth-order valence-corrected chi connectivity index (χ4v) is 2.82. The van der Waals surface area contributed by atoms with Gasteiger partial charge in [-0.3, -0.25) is 4.98 Å². The van der Waals surface area contributed by atoms with Gasteiger partial charge in [-0.1, -0.05) is 12.1 Å². The van der Waals surface area contributed by atoms with Gasteiger partial charge in [0.15, 0.2) is 0 Å². The molecule has 2 aromatic rings. The van der Waals surface area contributed by atoms with Crippen molar-refractivity contribution >= 4 is 24.1 Å². The Bertz CT molecular complexity index is 804. The number of aromatic nitrogens is 1. The van der Waals surface area contributed by atoms with Crippen LogP contribution in [0.3, 0.4) is 0 Å². The molecule has 25 heavy (non-hydrogen) atoms. The highest BCUT2D eigenvalue weighted by atomic mass is 19.1. The average Bonchev–Trinajstić information content (AvgIpc) is 2.75. The summed E-state index contributed by atoms with van der Waals surface area (Å²) in [5, 5.41) is 4.01. The summed E-state index contributed by atoms with van der Waals surface area (Å²) in [6.07, 6.45) is 3.47. The molecule has 1 aromatic heterocycles. The van der Waals surface area contributed by atoms with Crippen LogP contribution in [0.1, 0.15) is 33.3 Å². The maximum atomic E-state index is 14.5. The molecular weight excluding hydrogens is 318 g/mol. The number of nitrogens with one attached hydrogen (secondary N) is 1. The average molecular weight is 342 g/mol. The lowest BCUT2D eigenvalue weighted by Gasteiger charge is -2.32. The zero-order valence-corrected chi connectivity index (χ0v) is 15.4. The summed E-state index contributed by atoms with van der Waals surface area (Å²) in [5.74, 6) is -0.309. The lowest BCUT2D eigenvalue weighted by atomic mass is 9.77. The first-order valence-electron chi connectivity index (χ1n) is 8.48. The van der Waals surface area contributed by atoms with Crippen LogP contribution in [0.5, 0.6) is 0 Å². The van der Waals surface area contributed by atoms with Crippen molar-refractivity contribution in [3.8, 4) is 0 Å². The van der Waals surface area contributed by atoms with Gasteiger partial charge in [0.1, 0.15) is 5.82 Å². The molecule has 2 heterocycles. The Morgan fingerprint density at radius 2 is 1.92 bits per heavy atom. The maximum Gasteiger partial charge on any atom is 0.491 e. The number of nitrogens with zero attached hydrogens (tertiary/aromatic N) is 1. The van der Waals surface area contributed by atoms with Crippen LogP contribution in [0, 0.1) is 5.82 Å². The number of rotatable bonds is 4. The fraction of sp³-hybridized carbons (Fsp3) is 0.421. The normalized spacial score (nSPS) is 19.6. The van der Waals surface area contributed by atoms with E-state index in [0.717, 1.165) is 10.9 Å². The smallest absolute Gasteiger partial charge is 0.400 e. The third kappa shape index (κ3) is 3.47. The topological polar surface area (TPSA) is 43.4 Å². The maximum absolute atomic E-state index is 14.5. The number of fused-ring (bicyclic) bond motifs is 1. The molecule has 1 N–H and O–H groups in total. The molecule has 132 valence electrons. The zero-order chi connectivity index (χ0) is 18.2. The van der Waals surface area contributed by atoms with E-state index in [9.17, 15) is 4.39 Å². The summed E-state index contributed by atoms with van der Waals surface area (Å²) in [7, 11) is 1.33. The molecule has 0 aliphatic carbocycles. The largest absolute Gasteiger partial charge is 0.491 e. The predicted octanol–water partition coefficient (Wildman–Crippen LogP) is 3.61. The Kier molecular flexibility index (Phi) is 4.71. The second-order valence-electron chi connectivity index (χ2n) is 7.41. The fourth-order valence-electron chi connectivity index (χ4n) is 2.82. The third-order valence-electron chi connectivity index (χ3n) is 5.00. The Balaban J connectivity index is 2.00. The Morgan fingerprint density at radius 1 is 1.24 bits per heavy atom. The van der Waals surface area contributed by atoms with E-state index in [1.807, 2.05) is 46.9 Å². The first-order valence-corrected chi connectivity index (χ1v) is 8.48. The molecule has 0 amide bonds. The quantitative estimate of drug-likeness (QED) is 0.862. The van der Waals surface area contributed by atoms with Crippen LogP contribution >= 0.6 is 0 Å². The van der Waals surface area contributed by atoms with Crippen molar-refractivity contribution in [2.45, 2.75) is 38.9 Å². The van der Waals surface area contributed by atoms with E-state index in [1.54, 1.807) is 18.3 Å². The standard InChI is InChI=1S/C19H24BFN2O2/c1-18(2)19(3,4)25-20(24-18)15(12-22-5)10-14-9-13-7-6-8-23-17(13)11-16(14)21/h6-11,22H,12H2,1-5H3. The first-order chi connectivity index (χ1) is 11.7. The van der Waals surface area contributed by atoms with Crippen molar-refractivity contribution in [2.24, 2.45) is 0 Å². The molecule has 1 fully saturated rings. The van der Waals surface area contributed by atoms with Crippen molar-refractivity contribution in [1.29, 1.82) is 0 Å². The first kappa shape index (κ1) is 18.0. The monoisotopic (exact) mass is 342 g/mol. The number of hydrogen-bond donors (Lipinski definition) is 1. The summed E-state index contributed by atoms with van der Waals surface area (Å²) in [6.45, 7) is 8.57. The summed E-state index contributed by atoms with van der Waals surface area (Å²) in [4.78, 5) is 4.19. The minimum atomic E-state index is -0.513. The molecule has 1 aliphatic heterocycles. The van der Waals surface area contributed by atoms with Crippen LogP contribution in [0.15, 0.2) is 35.9 Å². The molecule has 1 aliphatic rings. The van der Waals surface area contributed by atoms with Crippen molar-refractivity contribution in [3.05, 3.63) is 47.3 Å². The number of pyridine rings is 1. The molecule has 4 nitrogen and oxygen atoms in total. The summed E-state index contributed by atoms with van der Waals surface area (Å²) >= 11 is 0. The van der Waals surface area contributed by atoms with Gasteiger partial charge in [-0.25, -0.2) is 4.39 Å². The van der Waals surface area contributed by atoms with Gasteiger partial charge >= 0.3 is 7.12 Å². The highest BCUT2D eigenvalue weighted by Gasteiger charge is 2.52. The molecular formula is C19H24BFN2O2. The van der Waals surface area contributed by atoms with E-state index in [-0.39, 0.29) is 5.82 Å². The molecule has 0 saturated carbocycles. The van der Waals surface area contributed by atoms with E-state index >= 15 is 0 Å². The van der Waals surface area contributed by atoms with Crippen molar-refractivity contribution < 1.29 is 13.7 Å². The Morgan fingerprint density at radius 3 is 2.56 bits per heavy atom. The van der Waals surface area contributed by atoms with Gasteiger partial charge in [0.2, 0.25) is 0 Å². The summed E-state index contributed by atoms with van der Waals surface area (Å²) < 4.78 is 26.8. The minimum absolute atomic E-state index is 0.309. The van der Waals surface area contributed by atoms with Gasteiger partial charge in [0.05, 0.1) is 16.7 Å². The van der Waals surface area contributed by atoms with Crippen LogP contribution in [0.2, 0.25) is 0 Å². The Labute approximate surface area is 148 Å². The van der Waals surface area contributed by atoms with E-state index in [4.69, 9.17) is 9.31 Å². The summed E-state index contributed by atoms with van der Waals surface area (Å²) in [6, 6.07) is 7.03. The number of benzene rings is 1. The molecule has 6 heteroatoms. The summed E-state index contributed by atoms with van der Waals surface area (Å²) in [5.41, 5.74) is 1.12. The molecule has 1 aromatic carbocycles. The molecule has 0 radical (unpaired) electrons. The highest BCUT2D eigenvalue weighted by molar-refractivity contribution is 6.55. The van der Waals surface area contributed by atoms with Gasteiger partial charge in [-0.2, -0.15) is 0 Å². The lowest BCUT2D eigenvalue weighted by Crippen LogP contribution is -2.41. The highest BCUT2D eigenvalue weighted by Crippen LogP contribution is 2.38. The Hall–Kier alpha value is -1.76. The number of hydrogen-bond acceptors (Lipinski definition) is 4. The second kappa shape index (κ2) is 6.52. The molecule has 3 rings (SSSR count). The van der Waals surface area contributed by atoms with E-state index in [1.165, 1.54) is 6.07 Å². The van der Waals surface area contributed by atoms with Gasteiger partial charge in [0.25, 0.3) is 0 Å². The van der Waals surface area contributed by atoms with Crippen molar-refractivity contribution in [2.75, 3.05) is 13.6 Å². The second-order valence-corrected chi connectivity index (χ2v) is 7.41. The molecule has 0 atom stereocenters. The van der Waals surface area contributed by atoms with Crippen LogP contribution in [0.4, 0.5) is 4.39 Å². The van der Waals surface area contributed by atoms with Crippen LogP contribution in [-0.2, 0) is 9.31 Å². The van der Waals surface area contributed by atoms with E-state index in [2.05, 4.69) is 10.3 Å². The van der Waals surface area contributed by atoms with E-state index < -0.39 is 18.3 Å². The zero-order valence-electron chi connectivity index (χ0n) is 15.4. The molecule has 0 unspecified atom stereocenters. The van der Waals surface area contributed by atoms with Crippen LogP contribution in [-0.4, -0.2) is 36.9 Å². The molecule has 1 saturated heterocycles. The van der Waals surface area contributed by atoms with E-state index in [0.29, 0.717) is 17.6 Å². The van der Waals surface area contributed by atoms with Crippen molar-refractivity contribution in [1.82, 2.24) is 10.3 Å². The van der Waals surface area contributed by atoms with Gasteiger partial charge in [0, 0.05) is 29.8 Å². The molecule has 0 bridgehead atoms. The van der Waals surface area contributed by atoms with Crippen LogP contribution in [0.25, 0.3) is 17.0 Å². The SMILES string of the molecule is CNCC(=Cc1cc2cccnc2cc1F)B1OC(C)(C)C(C)(C)O1. The number of likely N-dealkylation sites (N-methyl/N-ethyl adjacent to an activating group) is 1. The third-order valence-corrected chi connectivity index (χ3v) is 5.00. The van der Waals surface area contributed by atoms with Gasteiger partial charge in [-0.05, 0) is 52.3 Å². The van der Waals surface area contributed by atoms with Gasteiger partial charge in [-0.15, -0.1) is 0 Å². The lowest BCUT2D eigenvalue weighted by molar-refractivity contribution is 0.00578. The van der Waals surface area contributed by atoms with Gasteiger partial charge < -0.3 is 14.6 Å². The minimum Gasteiger partial charge on any atom is -0.400 e. The van der Waals surface area contributed by atoms with Crippen molar-refractivity contribution in [3.63, 3.8) is 0 Å². The number of halogens is 1. The predicted molar refractivity (Wildman–Crippen MR) is 99.7 cm³/mol.